The number of esters is 1. The SMILES string of the molecule is CCOc1ccc(C(=O)OC(C)C(=O)NC(C)(C#N)C(C)C)cc1OCC. The third-order valence-electron chi connectivity index (χ3n) is 4.20. The van der Waals surface area contributed by atoms with Crippen LogP contribution in [0.4, 0.5) is 0 Å². The molecule has 2 unspecified atom stereocenters. The summed E-state index contributed by atoms with van der Waals surface area (Å²) < 4.78 is 16.2. The molecule has 0 heterocycles. The zero-order valence-corrected chi connectivity index (χ0v) is 16.8. The van der Waals surface area contributed by atoms with Crippen molar-refractivity contribution in [3.05, 3.63) is 23.8 Å². The number of nitrogens with zero attached hydrogens (tertiary/aromatic N) is 1. The minimum absolute atomic E-state index is 0.103. The van der Waals surface area contributed by atoms with Gasteiger partial charge in [-0.2, -0.15) is 5.26 Å². The fourth-order valence-corrected chi connectivity index (χ4v) is 2.12. The van der Waals surface area contributed by atoms with Gasteiger partial charge in [0.15, 0.2) is 17.6 Å². The first-order chi connectivity index (χ1) is 12.7. The van der Waals surface area contributed by atoms with E-state index < -0.39 is 23.5 Å². The Morgan fingerprint density at radius 1 is 1.15 bits per heavy atom. The maximum absolute atomic E-state index is 12.4. The second-order valence-electron chi connectivity index (χ2n) is 6.53. The molecule has 1 rings (SSSR count). The predicted molar refractivity (Wildman–Crippen MR) is 101 cm³/mol. The molecule has 0 aliphatic heterocycles. The van der Waals surface area contributed by atoms with E-state index in [2.05, 4.69) is 11.4 Å². The standard InChI is InChI=1S/C20H28N2O5/c1-7-25-16-10-9-15(11-17(16)26-8-2)19(24)27-14(5)18(23)22-20(6,12-21)13(3)4/h9-11,13-14H,7-8H2,1-6H3,(H,22,23). The molecule has 1 amide bonds. The first-order valence-corrected chi connectivity index (χ1v) is 9.02. The van der Waals surface area contributed by atoms with Gasteiger partial charge in [-0.3, -0.25) is 4.79 Å². The molecule has 0 saturated carbocycles. The van der Waals surface area contributed by atoms with Gasteiger partial charge in [-0.05, 0) is 51.8 Å². The van der Waals surface area contributed by atoms with Crippen LogP contribution in [0.1, 0.15) is 51.9 Å². The van der Waals surface area contributed by atoms with Gasteiger partial charge in [-0.15, -0.1) is 0 Å². The van der Waals surface area contributed by atoms with Crippen LogP contribution in [0.5, 0.6) is 11.5 Å². The molecule has 0 fully saturated rings. The highest BCUT2D eigenvalue weighted by atomic mass is 16.5. The van der Waals surface area contributed by atoms with Crippen molar-refractivity contribution in [2.75, 3.05) is 13.2 Å². The molecule has 0 aliphatic rings. The third-order valence-corrected chi connectivity index (χ3v) is 4.20. The number of carbonyl (C=O) groups is 2. The molecule has 0 spiro atoms. The Bertz CT molecular complexity index is 711. The molecule has 7 heteroatoms. The van der Waals surface area contributed by atoms with E-state index in [0.29, 0.717) is 24.7 Å². The van der Waals surface area contributed by atoms with Crippen molar-refractivity contribution in [2.24, 2.45) is 5.92 Å². The number of nitriles is 1. The highest BCUT2D eigenvalue weighted by Gasteiger charge is 2.32. The van der Waals surface area contributed by atoms with Gasteiger partial charge in [0.05, 0.1) is 24.8 Å². The highest BCUT2D eigenvalue weighted by Crippen LogP contribution is 2.29. The van der Waals surface area contributed by atoms with Gasteiger partial charge in [-0.25, -0.2) is 4.79 Å². The quantitative estimate of drug-likeness (QED) is 0.665. The summed E-state index contributed by atoms with van der Waals surface area (Å²) in [6.45, 7) is 11.3. The largest absolute Gasteiger partial charge is 0.490 e. The number of hydrogen-bond acceptors (Lipinski definition) is 6. The summed E-state index contributed by atoms with van der Waals surface area (Å²) in [5, 5.41) is 11.9. The summed E-state index contributed by atoms with van der Waals surface area (Å²) in [7, 11) is 0. The Balaban J connectivity index is 2.87. The van der Waals surface area contributed by atoms with Crippen LogP contribution in [0.15, 0.2) is 18.2 Å². The van der Waals surface area contributed by atoms with E-state index in [1.54, 1.807) is 19.1 Å². The lowest BCUT2D eigenvalue weighted by molar-refractivity contribution is -0.130. The summed E-state index contributed by atoms with van der Waals surface area (Å²) in [5.41, 5.74) is -0.799. The summed E-state index contributed by atoms with van der Waals surface area (Å²) in [5.74, 6) is -0.331. The number of carbonyl (C=O) groups excluding carboxylic acids is 2. The lowest BCUT2D eigenvalue weighted by Crippen LogP contribution is -2.52. The monoisotopic (exact) mass is 376 g/mol. The third kappa shape index (κ3) is 5.88. The van der Waals surface area contributed by atoms with Crippen LogP contribution in [0, 0.1) is 17.2 Å². The van der Waals surface area contributed by atoms with Crippen LogP contribution in [0.2, 0.25) is 0 Å². The molecule has 27 heavy (non-hydrogen) atoms. The molecule has 0 radical (unpaired) electrons. The molecular weight excluding hydrogens is 348 g/mol. The second-order valence-corrected chi connectivity index (χ2v) is 6.53. The van der Waals surface area contributed by atoms with Gasteiger partial charge in [0, 0.05) is 0 Å². The maximum atomic E-state index is 12.4. The average Bonchev–Trinajstić information content (AvgIpc) is 2.62. The van der Waals surface area contributed by atoms with Crippen molar-refractivity contribution in [1.29, 1.82) is 5.26 Å². The second kappa shape index (κ2) is 9.81. The predicted octanol–water partition coefficient (Wildman–Crippen LogP) is 3.08. The number of ether oxygens (including phenoxy) is 3. The van der Waals surface area contributed by atoms with Crippen molar-refractivity contribution >= 4 is 11.9 Å². The van der Waals surface area contributed by atoms with E-state index in [-0.39, 0.29) is 11.5 Å². The molecule has 0 aromatic heterocycles. The van der Waals surface area contributed by atoms with Gasteiger partial charge in [0.25, 0.3) is 5.91 Å². The van der Waals surface area contributed by atoms with Crippen molar-refractivity contribution in [2.45, 2.75) is 53.2 Å². The van der Waals surface area contributed by atoms with E-state index >= 15 is 0 Å². The summed E-state index contributed by atoms with van der Waals surface area (Å²) >= 11 is 0. The Hall–Kier alpha value is -2.75. The highest BCUT2D eigenvalue weighted by molar-refractivity contribution is 5.93. The van der Waals surface area contributed by atoms with Crippen molar-refractivity contribution in [1.82, 2.24) is 5.32 Å². The first-order valence-electron chi connectivity index (χ1n) is 9.02. The van der Waals surface area contributed by atoms with Crippen molar-refractivity contribution in [3.63, 3.8) is 0 Å². The zero-order chi connectivity index (χ0) is 20.6. The summed E-state index contributed by atoms with van der Waals surface area (Å²) in [6.07, 6.45) is -1.05. The molecule has 1 aromatic carbocycles. The van der Waals surface area contributed by atoms with E-state index in [4.69, 9.17) is 14.2 Å². The minimum Gasteiger partial charge on any atom is -0.490 e. The van der Waals surface area contributed by atoms with Crippen molar-refractivity contribution < 1.29 is 23.8 Å². The van der Waals surface area contributed by atoms with Crippen LogP contribution in [-0.2, 0) is 9.53 Å². The zero-order valence-electron chi connectivity index (χ0n) is 16.8. The Kier molecular flexibility index (Phi) is 8.10. The fourth-order valence-electron chi connectivity index (χ4n) is 2.12. The van der Waals surface area contributed by atoms with Crippen LogP contribution in [0.3, 0.4) is 0 Å². The van der Waals surface area contributed by atoms with Crippen LogP contribution in [0.25, 0.3) is 0 Å². The molecule has 0 bridgehead atoms. The number of amides is 1. The van der Waals surface area contributed by atoms with Gasteiger partial charge in [-0.1, -0.05) is 13.8 Å². The lowest BCUT2D eigenvalue weighted by atomic mass is 9.90. The Morgan fingerprint density at radius 2 is 1.74 bits per heavy atom. The topological polar surface area (TPSA) is 97.6 Å². The fraction of sp³-hybridized carbons (Fsp3) is 0.550. The molecule has 0 aliphatic carbocycles. The molecule has 7 nitrogen and oxygen atoms in total. The molecule has 2 atom stereocenters. The van der Waals surface area contributed by atoms with Gasteiger partial charge in [0.2, 0.25) is 0 Å². The smallest absolute Gasteiger partial charge is 0.339 e. The van der Waals surface area contributed by atoms with Gasteiger partial charge < -0.3 is 19.5 Å². The molecule has 1 aromatic rings. The molecule has 0 saturated heterocycles. The normalized spacial score (nSPS) is 13.9. The Labute approximate surface area is 160 Å². The number of rotatable bonds is 9. The first kappa shape index (κ1) is 22.3. The van der Waals surface area contributed by atoms with Crippen LogP contribution in [-0.4, -0.2) is 36.7 Å². The van der Waals surface area contributed by atoms with Crippen LogP contribution < -0.4 is 14.8 Å². The molecule has 1 N–H and O–H groups in total. The van der Waals surface area contributed by atoms with E-state index in [0.717, 1.165) is 0 Å². The van der Waals surface area contributed by atoms with E-state index in [9.17, 15) is 14.9 Å². The van der Waals surface area contributed by atoms with Gasteiger partial charge >= 0.3 is 5.97 Å². The van der Waals surface area contributed by atoms with Gasteiger partial charge in [0.1, 0.15) is 5.54 Å². The Morgan fingerprint density at radius 3 is 2.26 bits per heavy atom. The van der Waals surface area contributed by atoms with Crippen LogP contribution >= 0.6 is 0 Å². The summed E-state index contributed by atoms with van der Waals surface area (Å²) in [6, 6.07) is 6.78. The summed E-state index contributed by atoms with van der Waals surface area (Å²) in [4.78, 5) is 24.7. The number of benzene rings is 1. The van der Waals surface area contributed by atoms with E-state index in [1.165, 1.54) is 13.0 Å². The maximum Gasteiger partial charge on any atom is 0.339 e. The lowest BCUT2D eigenvalue weighted by Gasteiger charge is -2.28. The average molecular weight is 376 g/mol. The number of nitrogens with one attached hydrogen (secondary N) is 1. The minimum atomic E-state index is -1.05. The van der Waals surface area contributed by atoms with Crippen molar-refractivity contribution in [3.8, 4) is 17.6 Å². The molecule has 148 valence electrons. The number of hydrogen-bond donors (Lipinski definition) is 1. The van der Waals surface area contributed by atoms with E-state index in [1.807, 2.05) is 27.7 Å². The molecular formula is C20H28N2O5.